The van der Waals surface area contributed by atoms with Crippen molar-refractivity contribution >= 4 is 23.5 Å². The maximum Gasteiger partial charge on any atom is 0.324 e. The van der Waals surface area contributed by atoms with Crippen molar-refractivity contribution in [3.05, 3.63) is 0 Å². The third kappa shape index (κ3) is 9.11. The molecule has 0 atom stereocenters. The average Bonchev–Trinajstić information content (AvgIpc) is 2.53. The van der Waals surface area contributed by atoms with Gasteiger partial charge in [-0.25, -0.2) is 0 Å². The van der Waals surface area contributed by atoms with E-state index in [2.05, 4.69) is 0 Å². The molecule has 0 saturated carbocycles. The van der Waals surface area contributed by atoms with E-state index in [1.807, 2.05) is 0 Å². The van der Waals surface area contributed by atoms with Crippen molar-refractivity contribution < 1.29 is 29.4 Å². The number of ketones is 2. The van der Waals surface area contributed by atoms with Crippen molar-refractivity contribution in [1.82, 2.24) is 0 Å². The highest BCUT2D eigenvalue weighted by atomic mass is 16.4. The maximum atomic E-state index is 11.7. The van der Waals surface area contributed by atoms with Crippen LogP contribution in [0.1, 0.15) is 97.3 Å². The highest BCUT2D eigenvalue weighted by Gasteiger charge is 2.47. The fourth-order valence-corrected chi connectivity index (χ4v) is 3.27. The van der Waals surface area contributed by atoms with E-state index < -0.39 is 28.9 Å². The van der Waals surface area contributed by atoms with Gasteiger partial charge in [-0.1, -0.05) is 64.2 Å². The fourth-order valence-electron chi connectivity index (χ4n) is 3.27. The summed E-state index contributed by atoms with van der Waals surface area (Å²) in [7, 11) is 0. The van der Waals surface area contributed by atoms with Crippen molar-refractivity contribution in [3.63, 3.8) is 0 Å². The number of carbonyl (C=O) groups is 4. The molecule has 0 aromatic rings. The van der Waals surface area contributed by atoms with E-state index in [0.717, 1.165) is 64.2 Å². The monoisotopic (exact) mass is 370 g/mol. The Morgan fingerprint density at radius 1 is 0.615 bits per heavy atom. The summed E-state index contributed by atoms with van der Waals surface area (Å²) in [5.74, 6) is -3.22. The summed E-state index contributed by atoms with van der Waals surface area (Å²) in [6, 6.07) is 0. The van der Waals surface area contributed by atoms with Crippen LogP contribution in [-0.4, -0.2) is 33.7 Å². The lowest BCUT2D eigenvalue weighted by molar-refractivity contribution is -0.159. The molecule has 0 saturated heterocycles. The lowest BCUT2D eigenvalue weighted by atomic mass is 9.76. The summed E-state index contributed by atoms with van der Waals surface area (Å²) >= 11 is 0. The summed E-state index contributed by atoms with van der Waals surface area (Å²) in [5.41, 5.74) is -1.86. The van der Waals surface area contributed by atoms with Crippen LogP contribution in [0.25, 0.3) is 0 Å². The normalized spacial score (nSPS) is 11.3. The summed E-state index contributed by atoms with van der Waals surface area (Å²) < 4.78 is 0. The number of hydrogen-bond acceptors (Lipinski definition) is 4. The molecule has 0 heterocycles. The Morgan fingerprint density at radius 2 is 0.962 bits per heavy atom. The lowest BCUT2D eigenvalue weighted by Crippen LogP contribution is -2.44. The van der Waals surface area contributed by atoms with Crippen LogP contribution >= 0.6 is 0 Å². The fraction of sp³-hybridized carbons (Fsp3) is 0.800. The van der Waals surface area contributed by atoms with Gasteiger partial charge in [0, 0.05) is 6.42 Å². The summed E-state index contributed by atoms with van der Waals surface area (Å²) in [6.45, 7) is 2.36. The number of carbonyl (C=O) groups excluding carboxylic acids is 2. The van der Waals surface area contributed by atoms with E-state index in [4.69, 9.17) is 5.11 Å². The summed E-state index contributed by atoms with van der Waals surface area (Å²) in [6.07, 6.45) is 11.2. The van der Waals surface area contributed by atoms with E-state index in [-0.39, 0.29) is 12.8 Å². The molecule has 0 aliphatic rings. The predicted octanol–water partition coefficient (Wildman–Crippen LogP) is 4.39. The molecule has 0 fully saturated rings. The molecule has 26 heavy (non-hydrogen) atoms. The zero-order valence-electron chi connectivity index (χ0n) is 16.2. The number of carboxylic acids is 2. The van der Waals surface area contributed by atoms with Crippen molar-refractivity contribution in [2.75, 3.05) is 0 Å². The molecule has 150 valence electrons. The van der Waals surface area contributed by atoms with E-state index in [1.165, 1.54) is 13.8 Å². The quantitative estimate of drug-likeness (QED) is 0.290. The molecule has 6 heteroatoms. The lowest BCUT2D eigenvalue weighted by Gasteiger charge is -2.23. The molecule has 0 aromatic heterocycles. The van der Waals surface area contributed by atoms with E-state index >= 15 is 0 Å². The Labute approximate surface area is 156 Å². The number of hydrogen-bond donors (Lipinski definition) is 2. The molecular formula is C20H34O6. The van der Waals surface area contributed by atoms with Crippen LogP contribution in [0, 0.1) is 5.41 Å². The van der Waals surface area contributed by atoms with Gasteiger partial charge in [-0.05, 0) is 26.7 Å². The van der Waals surface area contributed by atoms with Crippen molar-refractivity contribution in [3.8, 4) is 0 Å². The van der Waals surface area contributed by atoms with Gasteiger partial charge >= 0.3 is 11.9 Å². The molecule has 6 nitrogen and oxygen atoms in total. The Balaban J connectivity index is 3.72. The first-order valence-corrected chi connectivity index (χ1v) is 9.72. The van der Waals surface area contributed by atoms with Crippen LogP contribution in [0.15, 0.2) is 0 Å². The van der Waals surface area contributed by atoms with Crippen LogP contribution in [0.5, 0.6) is 0 Å². The second kappa shape index (κ2) is 13.5. The molecule has 0 spiro atoms. The molecule has 0 unspecified atom stereocenters. The van der Waals surface area contributed by atoms with Gasteiger partial charge in [0.1, 0.15) is 0 Å². The molecule has 0 aliphatic carbocycles. The van der Waals surface area contributed by atoms with E-state index in [0.29, 0.717) is 6.42 Å². The molecule has 0 aliphatic heterocycles. The molecule has 0 rings (SSSR count). The zero-order valence-corrected chi connectivity index (χ0v) is 16.2. The van der Waals surface area contributed by atoms with E-state index in [1.54, 1.807) is 0 Å². The van der Waals surface area contributed by atoms with Gasteiger partial charge in [0.05, 0.1) is 0 Å². The van der Waals surface area contributed by atoms with Crippen molar-refractivity contribution in [2.24, 2.45) is 5.41 Å². The minimum Gasteiger partial charge on any atom is -0.481 e. The zero-order chi connectivity index (χ0) is 20.0. The first-order valence-electron chi connectivity index (χ1n) is 9.72. The molecule has 0 bridgehead atoms. The Morgan fingerprint density at radius 3 is 1.27 bits per heavy atom. The highest BCUT2D eigenvalue weighted by Crippen LogP contribution is 2.28. The molecule has 0 amide bonds. The molecular weight excluding hydrogens is 336 g/mol. The minimum absolute atomic E-state index is 0.0866. The van der Waals surface area contributed by atoms with Gasteiger partial charge in [-0.2, -0.15) is 0 Å². The number of Topliss-reactive ketones (excluding diaryl/α,β-unsaturated/α-hetero) is 2. The van der Waals surface area contributed by atoms with Gasteiger partial charge < -0.3 is 10.2 Å². The smallest absolute Gasteiger partial charge is 0.324 e. The van der Waals surface area contributed by atoms with Gasteiger partial charge in [0.2, 0.25) is 0 Å². The Kier molecular flexibility index (Phi) is 12.6. The third-order valence-electron chi connectivity index (χ3n) is 5.01. The van der Waals surface area contributed by atoms with E-state index in [9.17, 15) is 24.3 Å². The molecule has 0 aromatic carbocycles. The van der Waals surface area contributed by atoms with Gasteiger partial charge in [0.25, 0.3) is 0 Å². The number of rotatable bonds is 17. The Hall–Kier alpha value is -1.72. The van der Waals surface area contributed by atoms with Crippen molar-refractivity contribution in [1.29, 1.82) is 0 Å². The van der Waals surface area contributed by atoms with Crippen LogP contribution in [0.4, 0.5) is 0 Å². The van der Waals surface area contributed by atoms with Crippen LogP contribution in [0.3, 0.4) is 0 Å². The van der Waals surface area contributed by atoms with Crippen LogP contribution in [-0.2, 0) is 19.2 Å². The van der Waals surface area contributed by atoms with Crippen LogP contribution in [0.2, 0.25) is 0 Å². The topological polar surface area (TPSA) is 109 Å². The minimum atomic E-state index is -1.86. The van der Waals surface area contributed by atoms with Crippen LogP contribution < -0.4 is 0 Å². The third-order valence-corrected chi connectivity index (χ3v) is 5.01. The SMILES string of the molecule is CC(=O)C(CCCCCCCCCCCCCC(=O)O)(C(C)=O)C(=O)O. The van der Waals surface area contributed by atoms with Gasteiger partial charge in [-0.15, -0.1) is 0 Å². The second-order valence-corrected chi connectivity index (χ2v) is 7.11. The highest BCUT2D eigenvalue weighted by molar-refractivity contribution is 6.20. The first-order chi connectivity index (χ1) is 12.2. The van der Waals surface area contributed by atoms with Gasteiger partial charge in [-0.3, -0.25) is 19.2 Å². The molecule has 0 radical (unpaired) electrons. The number of aliphatic carboxylic acids is 2. The number of carboxylic acid groups (broad SMARTS) is 2. The predicted molar refractivity (Wildman–Crippen MR) is 99.1 cm³/mol. The Bertz CT molecular complexity index is 433. The first kappa shape index (κ1) is 24.3. The number of unbranched alkanes of at least 4 members (excludes halogenated alkanes) is 10. The van der Waals surface area contributed by atoms with Gasteiger partial charge in [0.15, 0.2) is 17.0 Å². The summed E-state index contributed by atoms with van der Waals surface area (Å²) in [5, 5.41) is 17.8. The summed E-state index contributed by atoms with van der Waals surface area (Å²) in [4.78, 5) is 45.1. The second-order valence-electron chi connectivity index (χ2n) is 7.11. The van der Waals surface area contributed by atoms with Crippen molar-refractivity contribution in [2.45, 2.75) is 97.3 Å². The largest absolute Gasteiger partial charge is 0.481 e. The maximum absolute atomic E-state index is 11.7. The molecule has 2 N–H and O–H groups in total. The standard InChI is InChI=1S/C20H34O6/c1-16(21)20(17(2)22,19(25)26)15-13-11-9-7-5-3-4-6-8-10-12-14-18(23)24/h3-15H2,1-2H3,(H,23,24)(H,25,26). The average molecular weight is 370 g/mol.